The van der Waals surface area contributed by atoms with Crippen LogP contribution in [0.5, 0.6) is 0 Å². The Kier molecular flexibility index (Phi) is 5.64. The van der Waals surface area contributed by atoms with Crippen LogP contribution >= 0.6 is 11.6 Å². The van der Waals surface area contributed by atoms with Crippen molar-refractivity contribution < 1.29 is 13.2 Å². The van der Waals surface area contributed by atoms with Gasteiger partial charge < -0.3 is 9.88 Å². The van der Waals surface area contributed by atoms with Gasteiger partial charge in [-0.15, -0.1) is 0 Å². The van der Waals surface area contributed by atoms with E-state index in [0.29, 0.717) is 10.6 Å². The molecule has 0 bridgehead atoms. The van der Waals surface area contributed by atoms with Gasteiger partial charge >= 0.3 is 0 Å². The lowest BCUT2D eigenvalue weighted by molar-refractivity contribution is 0.0936. The minimum absolute atomic E-state index is 0.00127. The van der Waals surface area contributed by atoms with Crippen LogP contribution in [0.3, 0.4) is 0 Å². The third-order valence-electron chi connectivity index (χ3n) is 5.20. The fourth-order valence-electron chi connectivity index (χ4n) is 3.68. The monoisotopic (exact) mass is 444 g/mol. The molecule has 3 aromatic rings. The van der Waals surface area contributed by atoms with Crippen LogP contribution in [-0.4, -0.2) is 47.3 Å². The molecule has 9 heteroatoms. The molecule has 0 aliphatic carbocycles. The normalized spacial score (nSPS) is 19.7. The molecule has 1 aromatic heterocycles. The number of hydrogen-bond acceptors (Lipinski definition) is 4. The molecule has 1 saturated heterocycles. The summed E-state index contributed by atoms with van der Waals surface area (Å²) in [6.45, 7) is 0.411. The third-order valence-corrected chi connectivity index (χ3v) is 7.16. The first-order valence-corrected chi connectivity index (χ1v) is 11.3. The van der Waals surface area contributed by atoms with Crippen molar-refractivity contribution in [3.8, 4) is 0 Å². The number of carbonyl (C=O) groups excluding carboxylic acids is 1. The summed E-state index contributed by atoms with van der Waals surface area (Å²) in [5.41, 5.74) is 1.40. The maximum Gasteiger partial charge on any atom is 0.262 e. The predicted molar refractivity (Wildman–Crippen MR) is 114 cm³/mol. The summed E-state index contributed by atoms with van der Waals surface area (Å²) in [6, 6.07) is 15.9. The Balaban J connectivity index is 1.62. The summed E-state index contributed by atoms with van der Waals surface area (Å²) in [7, 11) is -2.05. The van der Waals surface area contributed by atoms with Crippen LogP contribution in [0, 0.1) is 0 Å². The molecule has 0 spiro atoms. The smallest absolute Gasteiger partial charge is 0.262 e. The number of imidazole rings is 1. The molecule has 2 aromatic carbocycles. The molecule has 30 heavy (non-hydrogen) atoms. The lowest BCUT2D eigenvalue weighted by Crippen LogP contribution is -2.40. The van der Waals surface area contributed by atoms with Gasteiger partial charge in [-0.1, -0.05) is 48.0 Å². The number of nitrogens with zero attached hydrogens (tertiary/aromatic N) is 3. The Morgan fingerprint density at radius 3 is 2.57 bits per heavy atom. The van der Waals surface area contributed by atoms with Crippen molar-refractivity contribution in [3.63, 3.8) is 0 Å². The van der Waals surface area contributed by atoms with Crippen molar-refractivity contribution >= 4 is 27.5 Å². The van der Waals surface area contributed by atoms with Crippen molar-refractivity contribution in [3.05, 3.63) is 83.3 Å². The number of hydrogen-bond donors (Lipinski definition) is 1. The average molecular weight is 445 g/mol. The van der Waals surface area contributed by atoms with Gasteiger partial charge in [-0.25, -0.2) is 13.4 Å². The molecule has 2 atom stereocenters. The van der Waals surface area contributed by atoms with E-state index < -0.39 is 16.1 Å². The van der Waals surface area contributed by atoms with Gasteiger partial charge in [0.05, 0.1) is 12.4 Å². The van der Waals surface area contributed by atoms with E-state index in [1.807, 2.05) is 30.3 Å². The molecule has 7 nitrogen and oxygen atoms in total. The largest absolute Gasteiger partial charge is 0.347 e. The second kappa shape index (κ2) is 8.22. The minimum Gasteiger partial charge on any atom is -0.347 e. The molecule has 0 unspecified atom stereocenters. The number of halogens is 1. The van der Waals surface area contributed by atoms with Gasteiger partial charge in [0, 0.05) is 42.8 Å². The molecule has 0 radical (unpaired) electrons. The number of carbonyl (C=O) groups is 1. The zero-order valence-electron chi connectivity index (χ0n) is 16.3. The second-order valence-electron chi connectivity index (χ2n) is 7.31. The molecular formula is C21H21ClN4O3S. The van der Waals surface area contributed by atoms with Gasteiger partial charge in [-0.05, 0) is 23.8 Å². The fourth-order valence-corrected chi connectivity index (χ4v) is 5.33. The molecule has 1 fully saturated rings. The number of amides is 1. The molecular weight excluding hydrogens is 424 g/mol. The Labute approximate surface area is 180 Å². The second-order valence-corrected chi connectivity index (χ2v) is 9.63. The molecule has 0 saturated carbocycles. The minimum atomic E-state index is -3.77. The maximum absolute atomic E-state index is 13.1. The van der Waals surface area contributed by atoms with Crippen LogP contribution in [0.25, 0.3) is 0 Å². The molecule has 156 valence electrons. The van der Waals surface area contributed by atoms with E-state index in [4.69, 9.17) is 11.6 Å². The first-order chi connectivity index (χ1) is 14.3. The van der Waals surface area contributed by atoms with E-state index in [0.717, 1.165) is 5.56 Å². The molecule has 1 N–H and O–H groups in total. The van der Waals surface area contributed by atoms with Crippen molar-refractivity contribution in [2.45, 2.75) is 17.0 Å². The molecule has 1 aliphatic rings. The number of rotatable bonds is 5. The first-order valence-electron chi connectivity index (χ1n) is 9.44. The van der Waals surface area contributed by atoms with E-state index in [2.05, 4.69) is 10.3 Å². The Morgan fingerprint density at radius 1 is 1.13 bits per heavy atom. The highest BCUT2D eigenvalue weighted by molar-refractivity contribution is 7.89. The Morgan fingerprint density at radius 2 is 1.90 bits per heavy atom. The zero-order chi connectivity index (χ0) is 21.3. The topological polar surface area (TPSA) is 84.3 Å². The zero-order valence-corrected chi connectivity index (χ0v) is 17.8. The lowest BCUT2D eigenvalue weighted by Gasteiger charge is -2.20. The summed E-state index contributed by atoms with van der Waals surface area (Å²) >= 11 is 6.01. The first kappa shape index (κ1) is 20.6. The number of benzene rings is 2. The molecule has 1 aliphatic heterocycles. The van der Waals surface area contributed by atoms with Crippen molar-refractivity contribution in [2.75, 3.05) is 13.1 Å². The summed E-state index contributed by atoms with van der Waals surface area (Å²) in [5, 5.41) is 3.46. The van der Waals surface area contributed by atoms with Gasteiger partial charge in [0.2, 0.25) is 0 Å². The van der Waals surface area contributed by atoms with Gasteiger partial charge in [0.15, 0.2) is 5.03 Å². The Hall–Kier alpha value is -2.68. The van der Waals surface area contributed by atoms with E-state index in [-0.39, 0.29) is 29.9 Å². The number of aromatic nitrogens is 2. The maximum atomic E-state index is 13.1. The highest BCUT2D eigenvalue weighted by atomic mass is 35.5. The summed E-state index contributed by atoms with van der Waals surface area (Å²) in [6.07, 6.45) is 2.93. The molecule has 4 rings (SSSR count). The quantitative estimate of drug-likeness (QED) is 0.655. The van der Waals surface area contributed by atoms with Gasteiger partial charge in [0.1, 0.15) is 0 Å². The SMILES string of the molecule is Cn1cnc(S(=O)(=O)N2C[C@@H](NC(=O)c3cccc(Cl)c3)[C@H](c3ccccc3)C2)c1. The van der Waals surface area contributed by atoms with Gasteiger partial charge in [-0.2, -0.15) is 4.31 Å². The third kappa shape index (κ3) is 4.12. The van der Waals surface area contributed by atoms with E-state index in [1.165, 1.54) is 16.8 Å². The van der Waals surface area contributed by atoms with Crippen molar-refractivity contribution in [2.24, 2.45) is 7.05 Å². The van der Waals surface area contributed by atoms with Crippen LogP contribution in [0.1, 0.15) is 21.8 Å². The highest BCUT2D eigenvalue weighted by Gasteiger charge is 2.41. The predicted octanol–water partition coefficient (Wildman–Crippen LogP) is 2.66. The van der Waals surface area contributed by atoms with Crippen LogP contribution in [0.2, 0.25) is 5.02 Å². The van der Waals surface area contributed by atoms with Crippen LogP contribution in [-0.2, 0) is 17.1 Å². The van der Waals surface area contributed by atoms with Crippen molar-refractivity contribution in [1.82, 2.24) is 19.2 Å². The Bertz CT molecular complexity index is 1160. The summed E-state index contributed by atoms with van der Waals surface area (Å²) in [4.78, 5) is 16.8. The summed E-state index contributed by atoms with van der Waals surface area (Å²) < 4.78 is 29.2. The van der Waals surface area contributed by atoms with Crippen molar-refractivity contribution in [1.29, 1.82) is 0 Å². The number of sulfonamides is 1. The number of aryl methyl sites for hydroxylation is 1. The van der Waals surface area contributed by atoms with E-state index in [9.17, 15) is 13.2 Å². The van der Waals surface area contributed by atoms with Crippen LogP contribution in [0.4, 0.5) is 0 Å². The fraction of sp³-hybridized carbons (Fsp3) is 0.238. The average Bonchev–Trinajstić information content (AvgIpc) is 3.36. The van der Waals surface area contributed by atoms with E-state index in [1.54, 1.807) is 35.9 Å². The lowest BCUT2D eigenvalue weighted by atomic mass is 9.94. The van der Waals surface area contributed by atoms with Gasteiger partial charge in [0.25, 0.3) is 15.9 Å². The summed E-state index contributed by atoms with van der Waals surface area (Å²) in [5.74, 6) is -0.478. The molecule has 2 heterocycles. The standard InChI is InChI=1S/C21H21ClN4O3S/c1-25-13-20(23-14-25)30(28,29)26-11-18(15-6-3-2-4-7-15)19(12-26)24-21(27)16-8-5-9-17(22)10-16/h2-10,13-14,18-19H,11-12H2,1H3,(H,24,27)/t18-,19+/m0/s1. The number of nitrogens with one attached hydrogen (secondary N) is 1. The highest BCUT2D eigenvalue weighted by Crippen LogP contribution is 2.31. The molecule has 1 amide bonds. The van der Waals surface area contributed by atoms with Gasteiger partial charge in [-0.3, -0.25) is 4.79 Å². The van der Waals surface area contributed by atoms with Crippen LogP contribution in [0.15, 0.2) is 72.1 Å². The van der Waals surface area contributed by atoms with E-state index >= 15 is 0 Å². The van der Waals surface area contributed by atoms with Crippen LogP contribution < -0.4 is 5.32 Å².